The number of nitrogens with one attached hydrogen (secondary N) is 2. The molecule has 4 heteroatoms. The molecule has 0 aliphatic heterocycles. The van der Waals surface area contributed by atoms with Gasteiger partial charge in [0.05, 0.1) is 6.54 Å². The Morgan fingerprint density at radius 2 is 2.00 bits per heavy atom. The van der Waals surface area contributed by atoms with Gasteiger partial charge < -0.3 is 10.6 Å². The summed E-state index contributed by atoms with van der Waals surface area (Å²) in [6, 6.07) is 7.44. The van der Waals surface area contributed by atoms with Crippen LogP contribution in [0.25, 0.3) is 0 Å². The molecule has 1 rings (SSSR count). The standard InChI is InChI=1S/C10H12N2O2/c1-8-2-4-9(5-3-8)12-10(14)6-11-7-13/h2-5,7H,6H2,1H3,(H,11,13)(H,12,14). The summed E-state index contributed by atoms with van der Waals surface area (Å²) in [7, 11) is 0. The Kier molecular flexibility index (Phi) is 3.67. The van der Waals surface area contributed by atoms with Crippen molar-refractivity contribution in [3.8, 4) is 0 Å². The predicted octanol–water partition coefficient (Wildman–Crippen LogP) is 0.680. The highest BCUT2D eigenvalue weighted by Gasteiger charge is 1.99. The van der Waals surface area contributed by atoms with Crippen LogP contribution in [-0.2, 0) is 9.59 Å². The van der Waals surface area contributed by atoms with Gasteiger partial charge in [0.15, 0.2) is 0 Å². The van der Waals surface area contributed by atoms with Crippen LogP contribution in [0.3, 0.4) is 0 Å². The number of hydrogen-bond donors (Lipinski definition) is 2. The molecule has 0 saturated carbocycles. The van der Waals surface area contributed by atoms with Gasteiger partial charge in [0.2, 0.25) is 12.3 Å². The zero-order chi connectivity index (χ0) is 10.4. The summed E-state index contributed by atoms with van der Waals surface area (Å²) < 4.78 is 0. The van der Waals surface area contributed by atoms with Crippen LogP contribution < -0.4 is 10.6 Å². The second-order valence-corrected chi connectivity index (χ2v) is 2.91. The average molecular weight is 192 g/mol. The molecule has 1 aromatic carbocycles. The molecule has 0 saturated heterocycles. The number of aryl methyl sites for hydroxylation is 1. The van der Waals surface area contributed by atoms with Crippen molar-refractivity contribution in [1.82, 2.24) is 5.32 Å². The zero-order valence-corrected chi connectivity index (χ0v) is 7.91. The lowest BCUT2D eigenvalue weighted by Crippen LogP contribution is -2.26. The summed E-state index contributed by atoms with van der Waals surface area (Å²) in [6.07, 6.45) is 0.495. The molecule has 1 aromatic rings. The third-order valence-corrected chi connectivity index (χ3v) is 1.68. The largest absolute Gasteiger partial charge is 0.350 e. The van der Waals surface area contributed by atoms with E-state index < -0.39 is 0 Å². The maximum absolute atomic E-state index is 11.1. The van der Waals surface area contributed by atoms with Crippen LogP contribution in [-0.4, -0.2) is 18.9 Å². The van der Waals surface area contributed by atoms with Gasteiger partial charge in [-0.1, -0.05) is 17.7 Å². The Morgan fingerprint density at radius 3 is 2.57 bits per heavy atom. The van der Waals surface area contributed by atoms with E-state index in [1.165, 1.54) is 0 Å². The molecule has 0 aromatic heterocycles. The second-order valence-electron chi connectivity index (χ2n) is 2.91. The first kappa shape index (κ1) is 10.2. The first-order valence-corrected chi connectivity index (χ1v) is 4.26. The number of benzene rings is 1. The number of carbonyl (C=O) groups excluding carboxylic acids is 2. The second kappa shape index (κ2) is 5.01. The summed E-state index contributed by atoms with van der Waals surface area (Å²) in [5.74, 6) is -0.235. The molecule has 0 atom stereocenters. The van der Waals surface area contributed by atoms with Gasteiger partial charge in [-0.25, -0.2) is 0 Å². The fourth-order valence-electron chi connectivity index (χ4n) is 0.976. The van der Waals surface area contributed by atoms with Crippen LogP contribution in [0, 0.1) is 6.92 Å². The van der Waals surface area contributed by atoms with Gasteiger partial charge in [-0.3, -0.25) is 9.59 Å². The lowest BCUT2D eigenvalue weighted by Gasteiger charge is -2.04. The summed E-state index contributed by atoms with van der Waals surface area (Å²) >= 11 is 0. The quantitative estimate of drug-likeness (QED) is 0.689. The van der Waals surface area contributed by atoms with E-state index in [4.69, 9.17) is 0 Å². The van der Waals surface area contributed by atoms with Gasteiger partial charge in [-0.2, -0.15) is 0 Å². The molecule has 0 fully saturated rings. The third kappa shape index (κ3) is 3.26. The molecule has 74 valence electrons. The number of rotatable bonds is 4. The maximum Gasteiger partial charge on any atom is 0.243 e. The van der Waals surface area contributed by atoms with E-state index in [9.17, 15) is 9.59 Å². The molecule has 4 nitrogen and oxygen atoms in total. The molecule has 2 N–H and O–H groups in total. The molecule has 0 spiro atoms. The van der Waals surface area contributed by atoms with Crippen LogP contribution in [0.5, 0.6) is 0 Å². The molecular weight excluding hydrogens is 180 g/mol. The minimum atomic E-state index is -0.235. The van der Waals surface area contributed by atoms with Crippen molar-refractivity contribution in [1.29, 1.82) is 0 Å². The third-order valence-electron chi connectivity index (χ3n) is 1.68. The molecular formula is C10H12N2O2. The van der Waals surface area contributed by atoms with Crippen LogP contribution in [0.15, 0.2) is 24.3 Å². The van der Waals surface area contributed by atoms with E-state index in [1.807, 2.05) is 31.2 Å². The Hall–Kier alpha value is -1.84. The Bertz CT molecular complexity index is 319. The Labute approximate surface area is 82.3 Å². The summed E-state index contributed by atoms with van der Waals surface area (Å²) in [6.45, 7) is 1.97. The number of amides is 2. The van der Waals surface area contributed by atoms with E-state index in [0.29, 0.717) is 6.41 Å². The van der Waals surface area contributed by atoms with Crippen molar-refractivity contribution in [3.05, 3.63) is 29.8 Å². The predicted molar refractivity (Wildman–Crippen MR) is 53.9 cm³/mol. The van der Waals surface area contributed by atoms with Crippen molar-refractivity contribution < 1.29 is 9.59 Å². The summed E-state index contributed by atoms with van der Waals surface area (Å²) in [4.78, 5) is 21.0. The molecule has 14 heavy (non-hydrogen) atoms. The van der Waals surface area contributed by atoms with Crippen LogP contribution in [0.4, 0.5) is 5.69 Å². The minimum absolute atomic E-state index is 0.00260. The molecule has 0 radical (unpaired) electrons. The van der Waals surface area contributed by atoms with Crippen molar-refractivity contribution in [2.45, 2.75) is 6.92 Å². The van der Waals surface area contributed by atoms with Gasteiger partial charge >= 0.3 is 0 Å². The fourth-order valence-corrected chi connectivity index (χ4v) is 0.976. The zero-order valence-electron chi connectivity index (χ0n) is 7.91. The van der Waals surface area contributed by atoms with Gasteiger partial charge in [-0.05, 0) is 19.1 Å². The molecule has 0 bridgehead atoms. The molecule has 0 aliphatic carbocycles. The SMILES string of the molecule is Cc1ccc(NC(=O)CNC=O)cc1. The highest BCUT2D eigenvalue weighted by atomic mass is 16.2. The van der Waals surface area contributed by atoms with E-state index in [2.05, 4.69) is 10.6 Å². The average Bonchev–Trinajstić information content (AvgIpc) is 2.18. The van der Waals surface area contributed by atoms with E-state index >= 15 is 0 Å². The maximum atomic E-state index is 11.1. The molecule has 0 heterocycles. The monoisotopic (exact) mass is 192 g/mol. The molecule has 0 unspecified atom stereocenters. The summed E-state index contributed by atoms with van der Waals surface area (Å²) in [5, 5.41) is 4.93. The van der Waals surface area contributed by atoms with Crippen LogP contribution in [0.2, 0.25) is 0 Å². The van der Waals surface area contributed by atoms with Crippen molar-refractivity contribution in [2.24, 2.45) is 0 Å². The normalized spacial score (nSPS) is 9.21. The van der Waals surface area contributed by atoms with E-state index in [-0.39, 0.29) is 12.5 Å². The first-order chi connectivity index (χ1) is 6.72. The van der Waals surface area contributed by atoms with Crippen LogP contribution in [0.1, 0.15) is 5.56 Å². The Balaban J connectivity index is 2.47. The van der Waals surface area contributed by atoms with E-state index in [1.54, 1.807) is 0 Å². The lowest BCUT2D eigenvalue weighted by molar-refractivity contribution is -0.118. The van der Waals surface area contributed by atoms with Crippen LogP contribution >= 0.6 is 0 Å². The van der Waals surface area contributed by atoms with Gasteiger partial charge in [-0.15, -0.1) is 0 Å². The highest BCUT2D eigenvalue weighted by Crippen LogP contribution is 2.07. The van der Waals surface area contributed by atoms with Gasteiger partial charge in [0, 0.05) is 5.69 Å². The van der Waals surface area contributed by atoms with Crippen molar-refractivity contribution >= 4 is 18.0 Å². The number of carbonyl (C=O) groups is 2. The topological polar surface area (TPSA) is 58.2 Å². The number of anilines is 1. The van der Waals surface area contributed by atoms with Gasteiger partial charge in [0.1, 0.15) is 0 Å². The lowest BCUT2D eigenvalue weighted by atomic mass is 10.2. The fraction of sp³-hybridized carbons (Fsp3) is 0.200. The smallest absolute Gasteiger partial charge is 0.243 e. The van der Waals surface area contributed by atoms with Crippen molar-refractivity contribution in [3.63, 3.8) is 0 Å². The first-order valence-electron chi connectivity index (χ1n) is 4.26. The summed E-state index contributed by atoms with van der Waals surface area (Å²) in [5.41, 5.74) is 1.86. The van der Waals surface area contributed by atoms with E-state index in [0.717, 1.165) is 11.3 Å². The van der Waals surface area contributed by atoms with Gasteiger partial charge in [0.25, 0.3) is 0 Å². The number of hydrogen-bond acceptors (Lipinski definition) is 2. The Morgan fingerprint density at radius 1 is 1.36 bits per heavy atom. The molecule has 2 amide bonds. The highest BCUT2D eigenvalue weighted by molar-refractivity contribution is 5.93. The van der Waals surface area contributed by atoms with Crippen molar-refractivity contribution in [2.75, 3.05) is 11.9 Å². The minimum Gasteiger partial charge on any atom is -0.350 e. The molecule has 0 aliphatic rings.